The summed E-state index contributed by atoms with van der Waals surface area (Å²) in [5, 5.41) is 8.99. The second-order valence-corrected chi connectivity index (χ2v) is 19.0. The Balaban J connectivity index is 1.05. The van der Waals surface area contributed by atoms with Crippen LogP contribution in [0.3, 0.4) is 0 Å². The van der Waals surface area contributed by atoms with Gasteiger partial charge in [0.15, 0.2) is 17.2 Å². The van der Waals surface area contributed by atoms with E-state index < -0.39 is 0 Å². The van der Waals surface area contributed by atoms with Crippen molar-refractivity contribution in [2.45, 2.75) is 0 Å². The highest BCUT2D eigenvalue weighted by atomic mass is 32.1. The molecule has 5 heterocycles. The van der Waals surface area contributed by atoms with Gasteiger partial charge in [-0.05, 0) is 76.9 Å². The van der Waals surface area contributed by atoms with Gasteiger partial charge >= 0.3 is 0 Å². The highest BCUT2D eigenvalue weighted by Gasteiger charge is 2.26. The molecular weight excluding hydrogens is 875 g/mol. The zero-order valence-corrected chi connectivity index (χ0v) is 38.2. The molecule has 0 saturated carbocycles. The van der Waals surface area contributed by atoms with Crippen molar-refractivity contribution in [2.24, 2.45) is 0 Å². The molecule has 10 aromatic carbocycles. The van der Waals surface area contributed by atoms with Crippen molar-refractivity contribution in [1.29, 1.82) is 0 Å². The van der Waals surface area contributed by atoms with E-state index in [1.165, 1.54) is 31.3 Å². The first kappa shape index (κ1) is 38.9. The lowest BCUT2D eigenvalue weighted by atomic mass is 9.98. The molecule has 0 aliphatic heterocycles. The van der Waals surface area contributed by atoms with E-state index in [-0.39, 0.29) is 0 Å². The SMILES string of the molecule is c1ccc(-c2ccc(-c3cc(-n4c5ccccc5c5ccc6c7ccccc7n(-c7nc(-c8ccccc8)nc(-c8ccc9sc%10ccccc%10c9c8)n7)c6c54)c4oc5ccccc5c4c3)cc2)cc1. The maximum atomic E-state index is 6.98. The van der Waals surface area contributed by atoms with Crippen molar-refractivity contribution in [3.05, 3.63) is 224 Å². The lowest BCUT2D eigenvalue weighted by Gasteiger charge is -2.15. The largest absolute Gasteiger partial charge is 0.454 e. The summed E-state index contributed by atoms with van der Waals surface area (Å²) >= 11 is 1.81. The van der Waals surface area contributed by atoms with Crippen LogP contribution >= 0.6 is 11.3 Å². The van der Waals surface area contributed by atoms with Crippen LogP contribution in [-0.2, 0) is 0 Å². The molecule has 7 heteroatoms. The molecule has 0 saturated heterocycles. The van der Waals surface area contributed by atoms with Gasteiger partial charge in [0.25, 0.3) is 0 Å². The number of thiophene rings is 1. The molecule has 326 valence electrons. The maximum absolute atomic E-state index is 6.98. The molecule has 0 unspecified atom stereocenters. The highest BCUT2D eigenvalue weighted by Crippen LogP contribution is 2.45. The third-order valence-corrected chi connectivity index (χ3v) is 15.1. The summed E-state index contributed by atoms with van der Waals surface area (Å²) < 4.78 is 14.2. The van der Waals surface area contributed by atoms with E-state index in [0.717, 1.165) is 93.5 Å². The fourth-order valence-electron chi connectivity index (χ4n) is 10.8. The molecule has 5 aromatic heterocycles. The number of furan rings is 1. The second kappa shape index (κ2) is 15.2. The molecule has 0 bridgehead atoms. The Kier molecular flexibility index (Phi) is 8.43. The van der Waals surface area contributed by atoms with E-state index in [2.05, 4.69) is 209 Å². The molecule has 0 atom stereocenters. The number of fused-ring (bicyclic) bond motifs is 13. The summed E-state index contributed by atoms with van der Waals surface area (Å²) in [5.74, 6) is 1.75. The summed E-state index contributed by atoms with van der Waals surface area (Å²) in [6.07, 6.45) is 0. The van der Waals surface area contributed by atoms with Crippen LogP contribution < -0.4 is 0 Å². The smallest absolute Gasteiger partial charge is 0.238 e. The van der Waals surface area contributed by atoms with Crippen molar-refractivity contribution >= 4 is 97.1 Å². The standard InChI is InChI=1S/C63H37N5OS/c1-3-15-38(16-4-1)39-27-29-40(30-28-39)43-36-51-46-21-9-13-25-55(46)69-60(51)54(37-43)67-52-23-11-7-19-44(52)48-32-33-49-45-20-8-12-24-53(45)68(59(49)58(48)67)63-65-61(41-17-5-2-6-18-41)64-62(66-63)42-31-34-57-50(35-42)47-22-10-14-26-56(47)70-57/h1-37H. The van der Waals surface area contributed by atoms with Gasteiger partial charge in [0.05, 0.1) is 27.8 Å². The molecule has 15 rings (SSSR count). The second-order valence-electron chi connectivity index (χ2n) is 17.9. The van der Waals surface area contributed by atoms with Crippen LogP contribution in [0.2, 0.25) is 0 Å². The minimum absolute atomic E-state index is 0.538. The van der Waals surface area contributed by atoms with Crippen LogP contribution in [0.4, 0.5) is 0 Å². The number of hydrogen-bond acceptors (Lipinski definition) is 5. The number of nitrogens with zero attached hydrogens (tertiary/aromatic N) is 5. The average molecular weight is 912 g/mol. The van der Waals surface area contributed by atoms with Crippen molar-refractivity contribution in [3.63, 3.8) is 0 Å². The fraction of sp³-hybridized carbons (Fsp3) is 0. The molecule has 0 aliphatic carbocycles. The van der Waals surface area contributed by atoms with E-state index in [1.54, 1.807) is 11.3 Å². The Morgan fingerprint density at radius 2 is 0.843 bits per heavy atom. The predicted molar refractivity (Wildman–Crippen MR) is 290 cm³/mol. The zero-order valence-electron chi connectivity index (χ0n) is 37.4. The van der Waals surface area contributed by atoms with Crippen molar-refractivity contribution in [3.8, 4) is 56.7 Å². The van der Waals surface area contributed by atoms with Crippen LogP contribution in [0.5, 0.6) is 0 Å². The van der Waals surface area contributed by atoms with Crippen molar-refractivity contribution in [1.82, 2.24) is 24.1 Å². The highest BCUT2D eigenvalue weighted by molar-refractivity contribution is 7.25. The van der Waals surface area contributed by atoms with Crippen molar-refractivity contribution in [2.75, 3.05) is 0 Å². The third-order valence-electron chi connectivity index (χ3n) is 14.0. The Morgan fingerprint density at radius 3 is 1.57 bits per heavy atom. The summed E-state index contributed by atoms with van der Waals surface area (Å²) in [5.41, 5.74) is 13.1. The number of rotatable bonds is 6. The van der Waals surface area contributed by atoms with E-state index in [4.69, 9.17) is 19.4 Å². The molecule has 6 nitrogen and oxygen atoms in total. The van der Waals surface area contributed by atoms with Gasteiger partial charge in [-0.2, -0.15) is 9.97 Å². The van der Waals surface area contributed by atoms with E-state index in [1.807, 2.05) is 24.3 Å². The number of hydrogen-bond donors (Lipinski definition) is 0. The van der Waals surface area contributed by atoms with Gasteiger partial charge in [-0.1, -0.05) is 170 Å². The topological polar surface area (TPSA) is 61.7 Å². The number of aromatic nitrogens is 5. The molecule has 0 radical (unpaired) electrons. The average Bonchev–Trinajstić information content (AvgIpc) is 4.19. The summed E-state index contributed by atoms with van der Waals surface area (Å²) in [6, 6.07) is 79.7. The monoisotopic (exact) mass is 911 g/mol. The minimum Gasteiger partial charge on any atom is -0.454 e. The van der Waals surface area contributed by atoms with E-state index in [9.17, 15) is 0 Å². The van der Waals surface area contributed by atoms with Gasteiger partial charge in [-0.15, -0.1) is 11.3 Å². The lowest BCUT2D eigenvalue weighted by molar-refractivity contribution is 0.666. The normalized spacial score (nSPS) is 12.0. The van der Waals surface area contributed by atoms with Crippen LogP contribution in [0.15, 0.2) is 229 Å². The summed E-state index contributed by atoms with van der Waals surface area (Å²) in [7, 11) is 0. The zero-order chi connectivity index (χ0) is 45.9. The summed E-state index contributed by atoms with van der Waals surface area (Å²) in [6.45, 7) is 0. The first-order valence-corrected chi connectivity index (χ1v) is 24.3. The van der Waals surface area contributed by atoms with Crippen LogP contribution in [0, 0.1) is 0 Å². The van der Waals surface area contributed by atoms with Crippen LogP contribution in [0.25, 0.3) is 142 Å². The predicted octanol–water partition coefficient (Wildman–Crippen LogP) is 17.0. The molecular formula is C63H37N5OS. The Morgan fingerprint density at radius 1 is 0.329 bits per heavy atom. The summed E-state index contributed by atoms with van der Waals surface area (Å²) in [4.78, 5) is 16.1. The first-order chi connectivity index (χ1) is 34.7. The first-order valence-electron chi connectivity index (χ1n) is 23.5. The molecule has 0 fully saturated rings. The van der Waals surface area contributed by atoms with Gasteiger partial charge in [0.2, 0.25) is 5.95 Å². The van der Waals surface area contributed by atoms with Gasteiger partial charge in [0, 0.05) is 63.6 Å². The Labute approximate surface area is 404 Å². The minimum atomic E-state index is 0.538. The van der Waals surface area contributed by atoms with Crippen molar-refractivity contribution < 1.29 is 4.42 Å². The quantitative estimate of drug-likeness (QED) is 0.167. The molecule has 0 spiro atoms. The van der Waals surface area contributed by atoms with Gasteiger partial charge in [-0.25, -0.2) is 4.98 Å². The number of benzene rings is 10. The maximum Gasteiger partial charge on any atom is 0.238 e. The Bertz CT molecular complexity index is 4580. The molecule has 0 N–H and O–H groups in total. The number of para-hydroxylation sites is 3. The van der Waals surface area contributed by atoms with Gasteiger partial charge in [-0.3, -0.25) is 4.57 Å². The Hall–Kier alpha value is -9.17. The van der Waals surface area contributed by atoms with Gasteiger partial charge in [0.1, 0.15) is 5.58 Å². The third kappa shape index (κ3) is 5.89. The van der Waals surface area contributed by atoms with Crippen LogP contribution in [0.1, 0.15) is 0 Å². The molecule has 15 aromatic rings. The van der Waals surface area contributed by atoms with Gasteiger partial charge < -0.3 is 8.98 Å². The molecule has 70 heavy (non-hydrogen) atoms. The molecule has 0 amide bonds. The molecule has 0 aliphatic rings. The van der Waals surface area contributed by atoms with E-state index in [0.29, 0.717) is 17.6 Å². The van der Waals surface area contributed by atoms with Crippen LogP contribution in [-0.4, -0.2) is 24.1 Å². The fourth-order valence-corrected chi connectivity index (χ4v) is 11.8. The lowest BCUT2D eigenvalue weighted by Crippen LogP contribution is -2.07. The van der Waals surface area contributed by atoms with E-state index >= 15 is 0 Å².